The van der Waals surface area contributed by atoms with Crippen LogP contribution in [0.2, 0.25) is 0 Å². The highest BCUT2D eigenvalue weighted by Crippen LogP contribution is 2.47. The maximum absolute atomic E-state index is 13.1. The minimum absolute atomic E-state index is 0.131. The van der Waals surface area contributed by atoms with Gasteiger partial charge in [0.1, 0.15) is 17.3 Å². The summed E-state index contributed by atoms with van der Waals surface area (Å²) in [6, 6.07) is 15.8. The van der Waals surface area contributed by atoms with Gasteiger partial charge in [0, 0.05) is 28.2 Å². The molecule has 29 heavy (non-hydrogen) atoms. The molecule has 1 aromatic heterocycles. The average molecular weight is 426 g/mol. The first kappa shape index (κ1) is 19.4. The quantitative estimate of drug-likeness (QED) is 0.585. The first-order valence-electron chi connectivity index (χ1n) is 9.06. The fourth-order valence-electron chi connectivity index (χ4n) is 3.43. The van der Waals surface area contributed by atoms with Crippen LogP contribution in [0.25, 0.3) is 0 Å². The molecule has 7 heteroatoms. The summed E-state index contributed by atoms with van der Waals surface area (Å²) < 4.78 is 32.1. The Morgan fingerprint density at radius 1 is 1.14 bits per heavy atom. The van der Waals surface area contributed by atoms with E-state index in [-0.39, 0.29) is 28.0 Å². The number of ether oxygens (including phenoxy) is 1. The molecule has 2 aromatic carbocycles. The van der Waals surface area contributed by atoms with Crippen molar-refractivity contribution in [2.24, 2.45) is 0 Å². The number of hydrogen-bond donors (Lipinski definition) is 1. The molecule has 5 nitrogen and oxygen atoms in total. The maximum Gasteiger partial charge on any atom is 0.225 e. The van der Waals surface area contributed by atoms with Crippen molar-refractivity contribution in [2.45, 2.75) is 22.1 Å². The number of rotatable bonds is 6. The van der Waals surface area contributed by atoms with Gasteiger partial charge >= 0.3 is 0 Å². The van der Waals surface area contributed by atoms with Crippen molar-refractivity contribution in [3.8, 4) is 5.75 Å². The zero-order chi connectivity index (χ0) is 20.4. The number of carbonyl (C=O) groups is 1. The van der Waals surface area contributed by atoms with Crippen molar-refractivity contribution in [1.29, 1.82) is 0 Å². The van der Waals surface area contributed by atoms with E-state index < -0.39 is 9.84 Å². The number of carbonyl (C=O) groups excluding carboxylic acids is 1. The summed E-state index contributed by atoms with van der Waals surface area (Å²) in [4.78, 5) is 13.6. The molecule has 1 amide bonds. The summed E-state index contributed by atoms with van der Waals surface area (Å²) in [5.41, 5.74) is 1.23. The van der Waals surface area contributed by atoms with Gasteiger partial charge in [-0.1, -0.05) is 49.1 Å². The molecule has 0 fully saturated rings. The van der Waals surface area contributed by atoms with E-state index >= 15 is 0 Å². The van der Waals surface area contributed by atoms with Crippen LogP contribution < -0.4 is 10.1 Å². The van der Waals surface area contributed by atoms with Crippen LogP contribution in [-0.4, -0.2) is 20.9 Å². The monoisotopic (exact) mass is 425 g/mol. The number of sulfone groups is 1. The second kappa shape index (κ2) is 7.85. The zero-order valence-electron chi connectivity index (χ0n) is 15.5. The lowest BCUT2D eigenvalue weighted by molar-refractivity contribution is -0.116. The molecule has 2 heterocycles. The lowest BCUT2D eigenvalue weighted by Gasteiger charge is -2.25. The van der Waals surface area contributed by atoms with E-state index in [0.29, 0.717) is 18.0 Å². The molecule has 148 valence electrons. The predicted molar refractivity (Wildman–Crippen MR) is 113 cm³/mol. The molecule has 0 saturated heterocycles. The number of nitrogens with one attached hydrogen (secondary N) is 1. The topological polar surface area (TPSA) is 72.5 Å². The Balaban J connectivity index is 1.81. The highest BCUT2D eigenvalue weighted by molar-refractivity contribution is 7.91. The van der Waals surface area contributed by atoms with Gasteiger partial charge in [0.2, 0.25) is 15.7 Å². The molecule has 0 spiro atoms. The predicted octanol–water partition coefficient (Wildman–Crippen LogP) is 4.62. The minimum Gasteiger partial charge on any atom is -0.489 e. The molecule has 1 N–H and O–H groups in total. The third-order valence-corrected chi connectivity index (χ3v) is 7.79. The Kier molecular flexibility index (Phi) is 5.25. The van der Waals surface area contributed by atoms with Crippen LogP contribution in [0.15, 0.2) is 82.4 Å². The van der Waals surface area contributed by atoms with E-state index in [0.717, 1.165) is 10.4 Å². The molecule has 1 atom stereocenters. The fourth-order valence-corrected chi connectivity index (χ4v) is 6.35. The van der Waals surface area contributed by atoms with Crippen molar-refractivity contribution >= 4 is 32.8 Å². The van der Waals surface area contributed by atoms with Crippen molar-refractivity contribution in [3.63, 3.8) is 0 Å². The number of thiophene rings is 1. The van der Waals surface area contributed by atoms with E-state index in [4.69, 9.17) is 4.74 Å². The first-order valence-corrected chi connectivity index (χ1v) is 11.4. The van der Waals surface area contributed by atoms with Gasteiger partial charge in [-0.2, -0.15) is 0 Å². The van der Waals surface area contributed by atoms with Crippen molar-refractivity contribution < 1.29 is 17.9 Å². The summed E-state index contributed by atoms with van der Waals surface area (Å²) in [7, 11) is -3.74. The molecule has 0 saturated carbocycles. The van der Waals surface area contributed by atoms with E-state index in [1.807, 2.05) is 24.3 Å². The number of amides is 1. The maximum atomic E-state index is 13.1. The molecule has 1 aliphatic rings. The smallest absolute Gasteiger partial charge is 0.225 e. The average Bonchev–Trinajstić information content (AvgIpc) is 3.17. The van der Waals surface area contributed by atoms with E-state index in [2.05, 4.69) is 11.9 Å². The van der Waals surface area contributed by atoms with Gasteiger partial charge in [-0.3, -0.25) is 4.79 Å². The van der Waals surface area contributed by atoms with E-state index in [1.165, 1.54) is 11.3 Å². The van der Waals surface area contributed by atoms with E-state index in [1.54, 1.807) is 41.8 Å². The Morgan fingerprint density at radius 3 is 2.62 bits per heavy atom. The van der Waals surface area contributed by atoms with Crippen LogP contribution in [0, 0.1) is 0 Å². The second-order valence-corrected chi connectivity index (χ2v) is 9.43. The van der Waals surface area contributed by atoms with Crippen LogP contribution >= 0.6 is 11.3 Å². The van der Waals surface area contributed by atoms with Gasteiger partial charge in [0.15, 0.2) is 0 Å². The summed E-state index contributed by atoms with van der Waals surface area (Å²) in [5.74, 6) is 0.173. The summed E-state index contributed by atoms with van der Waals surface area (Å²) in [6.07, 6.45) is 1.89. The molecule has 0 radical (unpaired) electrons. The normalized spacial score (nSPS) is 16.0. The molecular weight excluding hydrogens is 406 g/mol. The van der Waals surface area contributed by atoms with E-state index in [9.17, 15) is 13.2 Å². The summed E-state index contributed by atoms with van der Waals surface area (Å²) >= 11 is 1.34. The van der Waals surface area contributed by atoms with Crippen LogP contribution in [0.4, 0.5) is 5.69 Å². The Morgan fingerprint density at radius 2 is 1.86 bits per heavy atom. The SMILES string of the molecule is C=CCOc1ccccc1[C@H]1CC(=O)Nc2c(S(=O)(=O)c3ccccc3)csc21. The Bertz CT molecular complexity index is 1170. The van der Waals surface area contributed by atoms with Gasteiger partial charge in [-0.15, -0.1) is 11.3 Å². The van der Waals surface area contributed by atoms with Crippen molar-refractivity contribution in [2.75, 3.05) is 11.9 Å². The van der Waals surface area contributed by atoms with Crippen LogP contribution in [0.3, 0.4) is 0 Å². The third kappa shape index (κ3) is 3.59. The molecule has 0 aliphatic carbocycles. The Labute approximate surface area is 173 Å². The molecule has 1 aliphatic heterocycles. The van der Waals surface area contributed by atoms with Gasteiger partial charge in [0.25, 0.3) is 0 Å². The van der Waals surface area contributed by atoms with Gasteiger partial charge in [-0.05, 0) is 18.2 Å². The number of hydrogen-bond acceptors (Lipinski definition) is 5. The standard InChI is InChI=1S/C22H19NO4S2/c1-2-12-27-18-11-7-6-10-16(18)17-13-20(24)23-21-19(14-28-22(17)21)29(25,26)15-8-4-3-5-9-15/h2-11,14,17H,1,12-13H2,(H,23,24)/t17-/m1/s1. The second-order valence-electron chi connectivity index (χ2n) is 6.60. The first-order chi connectivity index (χ1) is 14.0. The van der Waals surface area contributed by atoms with Gasteiger partial charge < -0.3 is 10.1 Å². The van der Waals surface area contributed by atoms with Gasteiger partial charge in [0.05, 0.1) is 10.6 Å². The molecular formula is C22H19NO4S2. The lowest BCUT2D eigenvalue weighted by atomic mass is 9.90. The highest BCUT2D eigenvalue weighted by atomic mass is 32.2. The van der Waals surface area contributed by atoms with Crippen LogP contribution in [0.1, 0.15) is 22.8 Å². The van der Waals surface area contributed by atoms with Crippen molar-refractivity contribution in [3.05, 3.63) is 83.1 Å². The summed E-state index contributed by atoms with van der Waals surface area (Å²) in [5, 5.41) is 4.39. The highest BCUT2D eigenvalue weighted by Gasteiger charge is 2.35. The van der Waals surface area contributed by atoms with Crippen LogP contribution in [0.5, 0.6) is 5.75 Å². The minimum atomic E-state index is -3.74. The van der Waals surface area contributed by atoms with Crippen LogP contribution in [-0.2, 0) is 14.6 Å². The number of benzene rings is 2. The molecule has 4 rings (SSSR count). The number of anilines is 1. The summed E-state index contributed by atoms with van der Waals surface area (Å²) in [6.45, 7) is 4.02. The third-order valence-electron chi connectivity index (χ3n) is 4.75. The molecule has 3 aromatic rings. The number of fused-ring (bicyclic) bond motifs is 1. The largest absolute Gasteiger partial charge is 0.489 e. The number of para-hydroxylation sites is 1. The van der Waals surface area contributed by atoms with Crippen molar-refractivity contribution in [1.82, 2.24) is 0 Å². The fraction of sp³-hybridized carbons (Fsp3) is 0.136. The zero-order valence-corrected chi connectivity index (χ0v) is 17.1. The van der Waals surface area contributed by atoms with Gasteiger partial charge in [-0.25, -0.2) is 8.42 Å². The molecule has 0 unspecified atom stereocenters. The Hall–Kier alpha value is -2.90. The molecule has 0 bridgehead atoms. The lowest BCUT2D eigenvalue weighted by Crippen LogP contribution is -2.23.